The van der Waals surface area contributed by atoms with E-state index < -0.39 is 0 Å². The Bertz CT molecular complexity index is 1620. The molecule has 0 radical (unpaired) electrons. The van der Waals surface area contributed by atoms with Gasteiger partial charge in [0.1, 0.15) is 5.15 Å². The number of rotatable bonds is 2. The van der Waals surface area contributed by atoms with Gasteiger partial charge in [-0.2, -0.15) is 10.2 Å². The molecule has 37 heavy (non-hydrogen) atoms. The maximum atomic E-state index is 6.86. The lowest BCUT2D eigenvalue weighted by atomic mass is 9.61. The van der Waals surface area contributed by atoms with E-state index in [2.05, 4.69) is 29.2 Å². The summed E-state index contributed by atoms with van der Waals surface area (Å²) in [6.45, 7) is 0. The van der Waals surface area contributed by atoms with E-state index in [1.807, 2.05) is 48.8 Å². The Balaban J connectivity index is 1.42. The highest BCUT2D eigenvalue weighted by atomic mass is 35.5. The fraction of sp³-hybridized carbons (Fsp3) is 0.241. The summed E-state index contributed by atoms with van der Waals surface area (Å²) in [5.74, 6) is 0.715. The highest BCUT2D eigenvalue weighted by Gasteiger charge is 2.61. The second-order valence-corrected chi connectivity index (χ2v) is 10.9. The number of halogens is 2. The minimum Gasteiger partial charge on any atom is -0.255 e. The number of hydrogen-bond donors (Lipinski definition) is 0. The van der Waals surface area contributed by atoms with Crippen molar-refractivity contribution in [2.45, 2.75) is 18.3 Å². The molecular formula is C29H20Cl2N6. The Morgan fingerprint density at radius 2 is 1.22 bits per heavy atom. The van der Waals surface area contributed by atoms with Crippen molar-refractivity contribution in [2.24, 2.45) is 33.9 Å². The average molecular weight is 523 g/mol. The molecule has 4 bridgehead atoms. The van der Waals surface area contributed by atoms with Crippen molar-refractivity contribution in [3.8, 4) is 0 Å². The SMILES string of the molecule is Clc1nc(Cl)c2c(n1)[C@H]1c3ccccc3[C@@H]2[C@@H]2C[C@H]1[C@H]1C(c3ccccn3)=NN=C(c3ccccn3)[C@@H]21. The third-order valence-electron chi connectivity index (χ3n) is 8.63. The number of benzene rings is 1. The molecule has 1 aromatic carbocycles. The van der Waals surface area contributed by atoms with E-state index in [1.165, 1.54) is 11.1 Å². The topological polar surface area (TPSA) is 76.3 Å². The van der Waals surface area contributed by atoms with Gasteiger partial charge in [-0.1, -0.05) is 48.0 Å². The fourth-order valence-corrected chi connectivity index (χ4v) is 8.01. The van der Waals surface area contributed by atoms with Crippen molar-refractivity contribution in [3.63, 3.8) is 0 Å². The predicted molar refractivity (Wildman–Crippen MR) is 142 cm³/mol. The first-order chi connectivity index (χ1) is 18.2. The Kier molecular flexibility index (Phi) is 4.67. The minimum absolute atomic E-state index is 0.0254. The van der Waals surface area contributed by atoms with Crippen molar-refractivity contribution >= 4 is 34.6 Å². The van der Waals surface area contributed by atoms with Gasteiger partial charge in [0.05, 0.1) is 28.5 Å². The standard InChI is InChI=1S/C29H20Cl2N6/c30-28-24-20-14-7-1-2-8-15(14)21(27(24)34-29(31)35-28)17-13-16(20)22-23(17)26(19-10-4-6-12-33-19)37-36-25(22)18-9-3-5-11-32-18/h1-12,16-17,20-23H,13H2/t16-,17+,20+,21-,22-,23+/m0/s1. The third kappa shape index (κ3) is 3.00. The van der Waals surface area contributed by atoms with Crippen LogP contribution in [0.4, 0.5) is 0 Å². The lowest BCUT2D eigenvalue weighted by Crippen LogP contribution is -2.42. The maximum absolute atomic E-state index is 6.86. The zero-order chi connectivity index (χ0) is 24.7. The first-order valence-electron chi connectivity index (χ1n) is 12.5. The number of nitrogens with zero attached hydrogens (tertiary/aromatic N) is 6. The van der Waals surface area contributed by atoms with Crippen LogP contribution in [0.5, 0.6) is 0 Å². The second kappa shape index (κ2) is 8.01. The highest BCUT2D eigenvalue weighted by molar-refractivity contribution is 6.32. The van der Waals surface area contributed by atoms with E-state index >= 15 is 0 Å². The molecule has 4 heterocycles. The van der Waals surface area contributed by atoms with Crippen LogP contribution >= 0.6 is 23.2 Å². The van der Waals surface area contributed by atoms with Crippen molar-refractivity contribution < 1.29 is 0 Å². The van der Waals surface area contributed by atoms with Crippen LogP contribution < -0.4 is 0 Å². The Hall–Kier alpha value is -3.48. The Morgan fingerprint density at radius 1 is 0.649 bits per heavy atom. The second-order valence-electron chi connectivity index (χ2n) is 10.2. The zero-order valence-corrected chi connectivity index (χ0v) is 21.1. The molecule has 0 spiro atoms. The largest absolute Gasteiger partial charge is 0.255 e. The average Bonchev–Trinajstić information content (AvgIpc) is 3.16. The summed E-state index contributed by atoms with van der Waals surface area (Å²) in [5, 5.41) is 10.3. The molecule has 1 aliphatic heterocycles. The van der Waals surface area contributed by atoms with Crippen LogP contribution in [0, 0.1) is 23.7 Å². The summed E-state index contributed by atoms with van der Waals surface area (Å²) >= 11 is 13.3. The van der Waals surface area contributed by atoms with Crippen molar-refractivity contribution in [1.29, 1.82) is 0 Å². The predicted octanol–water partition coefficient (Wildman–Crippen LogP) is 5.94. The van der Waals surface area contributed by atoms with E-state index in [1.54, 1.807) is 0 Å². The van der Waals surface area contributed by atoms with E-state index in [0.29, 0.717) is 5.15 Å². The van der Waals surface area contributed by atoms with Crippen LogP contribution in [-0.2, 0) is 0 Å². The maximum Gasteiger partial charge on any atom is 0.224 e. The van der Waals surface area contributed by atoms with Gasteiger partial charge in [0, 0.05) is 41.6 Å². The van der Waals surface area contributed by atoms with E-state index in [0.717, 1.165) is 40.5 Å². The lowest BCUT2D eigenvalue weighted by molar-refractivity contribution is 0.368. The van der Waals surface area contributed by atoms with Crippen LogP contribution in [0.1, 0.15) is 52.0 Å². The molecule has 6 atom stereocenters. The van der Waals surface area contributed by atoms with E-state index in [-0.39, 0.29) is 40.8 Å². The molecule has 1 fully saturated rings. The van der Waals surface area contributed by atoms with Gasteiger partial charge in [-0.05, 0) is 65.2 Å². The number of hydrogen-bond acceptors (Lipinski definition) is 6. The Morgan fingerprint density at radius 3 is 1.81 bits per heavy atom. The molecular weight excluding hydrogens is 503 g/mol. The molecule has 4 aromatic rings. The summed E-state index contributed by atoms with van der Waals surface area (Å²) in [6, 6.07) is 20.7. The van der Waals surface area contributed by atoms with Gasteiger partial charge in [0.15, 0.2) is 0 Å². The molecule has 6 nitrogen and oxygen atoms in total. The van der Waals surface area contributed by atoms with Gasteiger partial charge >= 0.3 is 0 Å². The number of aromatic nitrogens is 4. The van der Waals surface area contributed by atoms with Crippen molar-refractivity contribution in [3.05, 3.63) is 117 Å². The van der Waals surface area contributed by atoms with Gasteiger partial charge in [0.25, 0.3) is 0 Å². The highest BCUT2D eigenvalue weighted by Crippen LogP contribution is 2.65. The molecule has 3 aromatic heterocycles. The molecule has 1 saturated carbocycles. The summed E-state index contributed by atoms with van der Waals surface area (Å²) in [4.78, 5) is 18.6. The molecule has 0 N–H and O–H groups in total. The molecule has 0 unspecified atom stereocenters. The van der Waals surface area contributed by atoms with Crippen LogP contribution in [0.25, 0.3) is 0 Å². The quantitative estimate of drug-likeness (QED) is 0.241. The van der Waals surface area contributed by atoms with Crippen LogP contribution in [0.3, 0.4) is 0 Å². The van der Waals surface area contributed by atoms with E-state index in [4.69, 9.17) is 48.4 Å². The third-order valence-corrected chi connectivity index (χ3v) is 9.09. The van der Waals surface area contributed by atoms with Crippen LogP contribution in [0.2, 0.25) is 10.4 Å². The normalized spacial score (nSPS) is 28.5. The molecule has 9 rings (SSSR count). The fourth-order valence-electron chi connectivity index (χ4n) is 7.50. The Labute approximate surface area is 223 Å². The summed E-state index contributed by atoms with van der Waals surface area (Å²) in [6.07, 6.45) is 4.63. The van der Waals surface area contributed by atoms with Gasteiger partial charge in [-0.25, -0.2) is 9.97 Å². The molecule has 180 valence electrons. The lowest BCUT2D eigenvalue weighted by Gasteiger charge is -2.43. The van der Waals surface area contributed by atoms with Crippen molar-refractivity contribution in [1.82, 2.24) is 19.9 Å². The van der Waals surface area contributed by atoms with Crippen LogP contribution in [-0.4, -0.2) is 31.4 Å². The molecule has 4 aliphatic carbocycles. The number of pyridine rings is 2. The van der Waals surface area contributed by atoms with Gasteiger partial charge < -0.3 is 0 Å². The van der Waals surface area contributed by atoms with Gasteiger partial charge in [0.2, 0.25) is 5.28 Å². The first kappa shape index (κ1) is 21.6. The smallest absolute Gasteiger partial charge is 0.224 e. The molecule has 5 aliphatic rings. The zero-order valence-electron chi connectivity index (χ0n) is 19.5. The first-order valence-corrected chi connectivity index (χ1v) is 13.3. The molecule has 0 saturated heterocycles. The van der Waals surface area contributed by atoms with Crippen molar-refractivity contribution in [2.75, 3.05) is 0 Å². The van der Waals surface area contributed by atoms with Crippen LogP contribution in [0.15, 0.2) is 83.3 Å². The summed E-state index contributed by atoms with van der Waals surface area (Å²) < 4.78 is 0. The molecule has 0 amide bonds. The van der Waals surface area contributed by atoms with E-state index in [9.17, 15) is 0 Å². The monoisotopic (exact) mass is 522 g/mol. The summed E-state index contributed by atoms with van der Waals surface area (Å²) in [5.41, 5.74) is 8.21. The minimum atomic E-state index is 0.0254. The van der Waals surface area contributed by atoms with Gasteiger partial charge in [-0.3, -0.25) is 9.97 Å². The summed E-state index contributed by atoms with van der Waals surface area (Å²) in [7, 11) is 0. The van der Waals surface area contributed by atoms with Gasteiger partial charge in [-0.15, -0.1) is 0 Å². The molecule has 8 heteroatoms.